The predicted octanol–water partition coefficient (Wildman–Crippen LogP) is 3.36. The summed E-state index contributed by atoms with van der Waals surface area (Å²) in [6, 6.07) is 18.0. The predicted molar refractivity (Wildman–Crippen MR) is 102 cm³/mol. The quantitative estimate of drug-likeness (QED) is 0.682. The molecule has 0 aliphatic heterocycles. The Kier molecular flexibility index (Phi) is 6.94. The van der Waals surface area contributed by atoms with E-state index in [2.05, 4.69) is 4.72 Å². The summed E-state index contributed by atoms with van der Waals surface area (Å²) in [7, 11) is -3.63. The first-order valence-corrected chi connectivity index (χ1v) is 10.3. The number of ether oxygens (including phenoxy) is 1. The highest BCUT2D eigenvalue weighted by molar-refractivity contribution is 7.89. The molecule has 6 heteroatoms. The molecule has 0 bridgehead atoms. The van der Waals surface area contributed by atoms with Gasteiger partial charge in [-0.2, -0.15) is 4.72 Å². The van der Waals surface area contributed by atoms with E-state index in [0.717, 1.165) is 12.0 Å². The molecule has 0 aliphatic rings. The normalized spacial score (nSPS) is 13.8. The molecule has 140 valence electrons. The molecule has 2 rings (SSSR count). The molecule has 26 heavy (non-hydrogen) atoms. The van der Waals surface area contributed by atoms with Crippen molar-refractivity contribution in [3.05, 3.63) is 71.8 Å². The van der Waals surface area contributed by atoms with Crippen LogP contribution in [-0.2, 0) is 31.7 Å². The van der Waals surface area contributed by atoms with Crippen molar-refractivity contribution in [1.29, 1.82) is 0 Å². The Hall–Kier alpha value is -2.18. The van der Waals surface area contributed by atoms with Crippen LogP contribution in [0.15, 0.2) is 60.7 Å². The van der Waals surface area contributed by atoms with E-state index in [4.69, 9.17) is 4.74 Å². The van der Waals surface area contributed by atoms with Crippen LogP contribution in [-0.4, -0.2) is 20.1 Å². The van der Waals surface area contributed by atoms with Gasteiger partial charge in [0.2, 0.25) is 10.0 Å². The molecule has 5 nitrogen and oxygen atoms in total. The van der Waals surface area contributed by atoms with Crippen molar-refractivity contribution in [3.63, 3.8) is 0 Å². The van der Waals surface area contributed by atoms with E-state index in [1.165, 1.54) is 0 Å². The summed E-state index contributed by atoms with van der Waals surface area (Å²) in [6.45, 7) is 3.54. The maximum Gasteiger partial charge on any atom is 0.332 e. The first-order chi connectivity index (χ1) is 12.4. The summed E-state index contributed by atoms with van der Waals surface area (Å²) in [4.78, 5) is 12.8. The maximum atomic E-state index is 12.8. The summed E-state index contributed by atoms with van der Waals surface area (Å²) in [5.41, 5.74) is -0.106. The molecule has 1 atom stereocenters. The van der Waals surface area contributed by atoms with Gasteiger partial charge >= 0.3 is 5.97 Å². The number of rotatable bonds is 9. The molecule has 0 saturated heterocycles. The average molecular weight is 375 g/mol. The Labute approximate surface area is 155 Å². The third-order valence-corrected chi connectivity index (χ3v) is 5.64. The summed E-state index contributed by atoms with van der Waals surface area (Å²) < 4.78 is 32.9. The van der Waals surface area contributed by atoms with Gasteiger partial charge in [-0.3, -0.25) is 0 Å². The van der Waals surface area contributed by atoms with Crippen molar-refractivity contribution in [2.75, 3.05) is 5.75 Å². The van der Waals surface area contributed by atoms with Crippen molar-refractivity contribution in [2.24, 2.45) is 0 Å². The number of benzene rings is 2. The van der Waals surface area contributed by atoms with Crippen molar-refractivity contribution in [2.45, 2.75) is 38.8 Å². The van der Waals surface area contributed by atoms with Gasteiger partial charge in [-0.1, -0.05) is 74.0 Å². The number of carbonyl (C=O) groups excluding carboxylic acids is 1. The number of unbranched alkanes of at least 4 members (excludes halogenated alkanes) is 1. The summed E-state index contributed by atoms with van der Waals surface area (Å²) >= 11 is 0. The van der Waals surface area contributed by atoms with E-state index in [9.17, 15) is 13.2 Å². The van der Waals surface area contributed by atoms with Crippen molar-refractivity contribution in [3.8, 4) is 0 Å². The highest BCUT2D eigenvalue weighted by Gasteiger charge is 2.40. The standard InChI is InChI=1S/C20H25NO4S/c1-3-4-15-26(23,24)21-20(2,18-13-9-6-10-14-18)19(22)25-16-17-11-7-5-8-12-17/h5-14,21H,3-4,15-16H2,1-2H3. The fraction of sp³-hybridized carbons (Fsp3) is 0.350. The third kappa shape index (κ3) is 5.41. The van der Waals surface area contributed by atoms with Crippen LogP contribution in [0.5, 0.6) is 0 Å². The molecule has 2 aromatic rings. The monoisotopic (exact) mass is 375 g/mol. The smallest absolute Gasteiger partial charge is 0.332 e. The Morgan fingerprint density at radius 3 is 2.19 bits per heavy atom. The first-order valence-electron chi connectivity index (χ1n) is 8.66. The van der Waals surface area contributed by atoms with Gasteiger partial charge < -0.3 is 4.74 Å². The third-order valence-electron chi connectivity index (χ3n) is 4.10. The van der Waals surface area contributed by atoms with E-state index >= 15 is 0 Å². The van der Waals surface area contributed by atoms with Crippen molar-refractivity contribution in [1.82, 2.24) is 4.72 Å². The maximum absolute atomic E-state index is 12.8. The number of hydrogen-bond donors (Lipinski definition) is 1. The van der Waals surface area contributed by atoms with Crippen LogP contribution in [0.4, 0.5) is 0 Å². The van der Waals surface area contributed by atoms with Gasteiger partial charge in [0.1, 0.15) is 6.61 Å². The minimum Gasteiger partial charge on any atom is -0.459 e. The molecule has 0 radical (unpaired) electrons. The van der Waals surface area contributed by atoms with Crippen LogP contribution >= 0.6 is 0 Å². The lowest BCUT2D eigenvalue weighted by molar-refractivity contribution is -0.152. The molecule has 0 aromatic heterocycles. The van der Waals surface area contributed by atoms with Crippen LogP contribution in [0, 0.1) is 0 Å². The van der Waals surface area contributed by atoms with Crippen LogP contribution < -0.4 is 4.72 Å². The fourth-order valence-electron chi connectivity index (χ4n) is 2.55. The Morgan fingerprint density at radius 2 is 1.62 bits per heavy atom. The van der Waals surface area contributed by atoms with E-state index in [1.54, 1.807) is 31.2 Å². The SMILES string of the molecule is CCCCS(=O)(=O)NC(C)(C(=O)OCc1ccccc1)c1ccccc1. The lowest BCUT2D eigenvalue weighted by atomic mass is 9.93. The molecule has 0 amide bonds. The Morgan fingerprint density at radius 1 is 1.04 bits per heavy atom. The van der Waals surface area contributed by atoms with Crippen LogP contribution in [0.25, 0.3) is 0 Å². The average Bonchev–Trinajstić information content (AvgIpc) is 2.65. The van der Waals surface area contributed by atoms with Crippen LogP contribution in [0.3, 0.4) is 0 Å². The molecular weight excluding hydrogens is 350 g/mol. The number of esters is 1. The minimum absolute atomic E-state index is 0.0299. The summed E-state index contributed by atoms with van der Waals surface area (Å²) in [5, 5.41) is 0. The summed E-state index contributed by atoms with van der Waals surface area (Å²) in [6.07, 6.45) is 1.28. The number of sulfonamides is 1. The van der Waals surface area contributed by atoms with Gasteiger partial charge in [-0.25, -0.2) is 13.2 Å². The largest absolute Gasteiger partial charge is 0.459 e. The van der Waals surface area contributed by atoms with Gasteiger partial charge in [0.15, 0.2) is 5.54 Å². The molecule has 0 saturated carbocycles. The van der Waals surface area contributed by atoms with Crippen molar-refractivity contribution < 1.29 is 17.9 Å². The molecule has 1 unspecified atom stereocenters. The first kappa shape index (κ1) is 20.1. The van der Waals surface area contributed by atoms with Crippen LogP contribution in [0.1, 0.15) is 37.8 Å². The zero-order valence-corrected chi connectivity index (χ0v) is 16.0. The minimum atomic E-state index is -3.63. The molecule has 2 aromatic carbocycles. The zero-order chi connectivity index (χ0) is 19.0. The van der Waals surface area contributed by atoms with E-state index in [1.807, 2.05) is 43.3 Å². The van der Waals surface area contributed by atoms with Gasteiger partial charge in [0.05, 0.1) is 5.75 Å². The number of hydrogen-bond acceptors (Lipinski definition) is 4. The topological polar surface area (TPSA) is 72.5 Å². The molecule has 0 heterocycles. The van der Waals surface area contributed by atoms with E-state index in [-0.39, 0.29) is 12.4 Å². The fourth-order valence-corrected chi connectivity index (χ4v) is 4.15. The number of nitrogens with one attached hydrogen (secondary N) is 1. The highest BCUT2D eigenvalue weighted by Crippen LogP contribution is 2.24. The highest BCUT2D eigenvalue weighted by atomic mass is 32.2. The molecular formula is C20H25NO4S. The molecule has 0 spiro atoms. The second kappa shape index (κ2) is 8.96. The van der Waals surface area contributed by atoms with Gasteiger partial charge in [-0.15, -0.1) is 0 Å². The molecule has 0 aliphatic carbocycles. The second-order valence-electron chi connectivity index (χ2n) is 6.33. The molecule has 1 N–H and O–H groups in total. The zero-order valence-electron chi connectivity index (χ0n) is 15.1. The van der Waals surface area contributed by atoms with Crippen LogP contribution in [0.2, 0.25) is 0 Å². The lowest BCUT2D eigenvalue weighted by Crippen LogP contribution is -2.51. The second-order valence-corrected chi connectivity index (χ2v) is 8.17. The van der Waals surface area contributed by atoms with E-state index in [0.29, 0.717) is 12.0 Å². The van der Waals surface area contributed by atoms with Gasteiger partial charge in [0, 0.05) is 0 Å². The summed E-state index contributed by atoms with van der Waals surface area (Å²) in [5.74, 6) is -0.662. The Balaban J connectivity index is 2.24. The number of carbonyl (C=O) groups is 1. The Bertz CT molecular complexity index is 806. The van der Waals surface area contributed by atoms with E-state index < -0.39 is 21.5 Å². The van der Waals surface area contributed by atoms with Gasteiger partial charge in [0.25, 0.3) is 0 Å². The lowest BCUT2D eigenvalue weighted by Gasteiger charge is -2.29. The van der Waals surface area contributed by atoms with Crippen molar-refractivity contribution >= 4 is 16.0 Å². The molecule has 0 fully saturated rings. The van der Waals surface area contributed by atoms with Gasteiger partial charge in [-0.05, 0) is 24.5 Å².